The van der Waals surface area contributed by atoms with Gasteiger partial charge < -0.3 is 65.1 Å². The van der Waals surface area contributed by atoms with Crippen LogP contribution in [-0.2, 0) is 23.7 Å². The predicted molar refractivity (Wildman–Crippen MR) is 355 cm³/mol. The maximum absolute atomic E-state index is 13.3. The molecule has 1 amide bonds. The Morgan fingerprint density at radius 3 is 1.20 bits per heavy atom. The second-order valence-corrected chi connectivity index (χ2v) is 25.7. The Morgan fingerprint density at radius 2 is 0.770 bits per heavy atom. The molecular formula is C73H135NO13. The van der Waals surface area contributed by atoms with Crippen molar-refractivity contribution in [3.8, 4) is 0 Å². The molecule has 2 heterocycles. The SMILES string of the molecule is CCCCCCC/C=C\C/C=C\CCCCCCCCCCCCCCCCCCCCCCCCCCCCCC(=O)NC(COC1OC(CO)C(OC2OC(CO)C(O)C(O)C2O)C(O)C1O)C(O)/C=C/CC/C=C/CCCCCCCCCC. The van der Waals surface area contributed by atoms with Crippen molar-refractivity contribution in [2.24, 2.45) is 0 Å². The van der Waals surface area contributed by atoms with Crippen LogP contribution in [0.2, 0.25) is 0 Å². The number of carbonyl (C=O) groups is 1. The quantitative estimate of drug-likeness (QED) is 0.0204. The Morgan fingerprint density at radius 1 is 0.414 bits per heavy atom. The van der Waals surface area contributed by atoms with Crippen molar-refractivity contribution in [2.45, 2.75) is 389 Å². The van der Waals surface area contributed by atoms with Crippen molar-refractivity contribution in [1.29, 1.82) is 0 Å². The molecule has 2 aliphatic rings. The average molecular weight is 1230 g/mol. The van der Waals surface area contributed by atoms with Gasteiger partial charge in [0.15, 0.2) is 12.6 Å². The zero-order valence-corrected chi connectivity index (χ0v) is 55.5. The van der Waals surface area contributed by atoms with E-state index < -0.39 is 86.8 Å². The van der Waals surface area contributed by atoms with Crippen LogP contribution < -0.4 is 5.32 Å². The van der Waals surface area contributed by atoms with Crippen LogP contribution in [-0.4, -0.2) is 140 Å². The summed E-state index contributed by atoms with van der Waals surface area (Å²) in [5.74, 6) is -0.245. The first-order valence-electron chi connectivity index (χ1n) is 36.4. The fourth-order valence-corrected chi connectivity index (χ4v) is 11.9. The summed E-state index contributed by atoms with van der Waals surface area (Å²) < 4.78 is 22.8. The largest absolute Gasteiger partial charge is 0.394 e. The molecule has 0 aromatic heterocycles. The molecule has 0 bridgehead atoms. The van der Waals surface area contributed by atoms with E-state index >= 15 is 0 Å². The Kier molecular flexibility index (Phi) is 53.9. The van der Waals surface area contributed by atoms with E-state index in [-0.39, 0.29) is 18.9 Å². The van der Waals surface area contributed by atoms with Crippen LogP contribution in [0.15, 0.2) is 48.6 Å². The van der Waals surface area contributed by atoms with Crippen molar-refractivity contribution < 1.29 is 64.6 Å². The number of rotatable bonds is 60. The van der Waals surface area contributed by atoms with Gasteiger partial charge in [0.1, 0.15) is 48.8 Å². The third-order valence-electron chi connectivity index (χ3n) is 17.7. The van der Waals surface area contributed by atoms with Gasteiger partial charge in [-0.1, -0.05) is 294 Å². The van der Waals surface area contributed by atoms with Gasteiger partial charge in [-0.15, -0.1) is 0 Å². The zero-order chi connectivity index (χ0) is 63.1. The lowest BCUT2D eigenvalue weighted by molar-refractivity contribution is -0.359. The molecule has 2 fully saturated rings. The van der Waals surface area contributed by atoms with E-state index in [9.17, 15) is 45.6 Å². The second kappa shape index (κ2) is 57.8. The minimum Gasteiger partial charge on any atom is -0.394 e. The minimum atomic E-state index is -1.79. The van der Waals surface area contributed by atoms with Gasteiger partial charge >= 0.3 is 0 Å². The fourth-order valence-electron chi connectivity index (χ4n) is 11.9. The Balaban J connectivity index is 1.55. The van der Waals surface area contributed by atoms with Crippen LogP contribution >= 0.6 is 0 Å². The lowest BCUT2D eigenvalue weighted by atomic mass is 9.97. The molecule has 0 aliphatic carbocycles. The third-order valence-corrected chi connectivity index (χ3v) is 17.7. The summed E-state index contributed by atoms with van der Waals surface area (Å²) >= 11 is 0. The van der Waals surface area contributed by atoms with Gasteiger partial charge in [-0.05, 0) is 64.2 Å². The molecule has 2 aliphatic heterocycles. The standard InChI is InChI=1S/C73H135NO13/c1-3-5-7-9-11-13-15-17-19-20-21-22-23-24-25-26-27-28-29-30-31-32-33-34-35-36-37-38-39-40-41-42-43-45-47-49-51-53-55-57-65(78)74-61(62(77)56-54-52-50-48-46-44-18-16-14-12-10-8-6-4-2)60-84-72-70(83)68(81)71(64(59-76)86-72)87-73-69(82)67(80)66(79)63(58-75)85-73/h15,17,20-21,46,48,54,56,61-64,66-73,75-77,79-83H,3-14,16,18-19,22-45,47,49-53,55,57-60H2,1-2H3,(H,74,78)/b17-15-,21-20-,48-46+,56-54+. The van der Waals surface area contributed by atoms with Crippen molar-refractivity contribution in [1.82, 2.24) is 5.32 Å². The number of unbranched alkanes of at least 4 members (excludes halogenated alkanes) is 41. The van der Waals surface area contributed by atoms with Crippen LogP contribution in [0.4, 0.5) is 0 Å². The van der Waals surface area contributed by atoms with Gasteiger partial charge in [0, 0.05) is 6.42 Å². The van der Waals surface area contributed by atoms with Crippen LogP contribution in [0.5, 0.6) is 0 Å². The van der Waals surface area contributed by atoms with Gasteiger partial charge in [-0.2, -0.15) is 0 Å². The molecule has 2 saturated heterocycles. The molecule has 12 unspecified atom stereocenters. The van der Waals surface area contributed by atoms with Crippen molar-refractivity contribution in [3.63, 3.8) is 0 Å². The lowest BCUT2D eigenvalue weighted by Crippen LogP contribution is -2.65. The van der Waals surface area contributed by atoms with Gasteiger partial charge in [0.25, 0.3) is 0 Å². The average Bonchev–Trinajstić information content (AvgIpc) is 2.05. The molecule has 14 nitrogen and oxygen atoms in total. The first kappa shape index (κ1) is 81.0. The number of aliphatic hydroxyl groups is 8. The molecule has 87 heavy (non-hydrogen) atoms. The van der Waals surface area contributed by atoms with Crippen molar-refractivity contribution in [3.05, 3.63) is 48.6 Å². The molecule has 510 valence electrons. The van der Waals surface area contributed by atoms with Crippen LogP contribution in [0.1, 0.15) is 316 Å². The lowest BCUT2D eigenvalue weighted by Gasteiger charge is -2.46. The molecule has 0 radical (unpaired) electrons. The summed E-state index contributed by atoms with van der Waals surface area (Å²) in [5.41, 5.74) is 0. The van der Waals surface area contributed by atoms with E-state index in [1.807, 2.05) is 6.08 Å². The van der Waals surface area contributed by atoms with Crippen LogP contribution in [0.25, 0.3) is 0 Å². The van der Waals surface area contributed by atoms with E-state index in [2.05, 4.69) is 55.6 Å². The summed E-state index contributed by atoms with van der Waals surface area (Å²) in [5, 5.41) is 87.2. The van der Waals surface area contributed by atoms with Gasteiger partial charge in [0.2, 0.25) is 5.91 Å². The number of hydrogen-bond donors (Lipinski definition) is 9. The minimum absolute atomic E-state index is 0.245. The van der Waals surface area contributed by atoms with E-state index in [1.54, 1.807) is 6.08 Å². The normalized spacial score (nSPS) is 23.5. The molecule has 0 saturated carbocycles. The molecule has 14 heteroatoms. The smallest absolute Gasteiger partial charge is 0.220 e. The molecule has 0 spiro atoms. The highest BCUT2D eigenvalue weighted by molar-refractivity contribution is 5.76. The second-order valence-electron chi connectivity index (χ2n) is 25.7. The number of amides is 1. The predicted octanol–water partition coefficient (Wildman–Crippen LogP) is 15.1. The number of nitrogens with one attached hydrogen (secondary N) is 1. The number of allylic oxidation sites excluding steroid dienone is 7. The highest BCUT2D eigenvalue weighted by Gasteiger charge is 2.51. The maximum Gasteiger partial charge on any atom is 0.220 e. The summed E-state index contributed by atoms with van der Waals surface area (Å²) in [4.78, 5) is 13.3. The van der Waals surface area contributed by atoms with Crippen molar-refractivity contribution in [2.75, 3.05) is 19.8 Å². The number of ether oxygens (including phenoxy) is 4. The zero-order valence-electron chi connectivity index (χ0n) is 55.5. The maximum atomic E-state index is 13.3. The number of aliphatic hydroxyl groups excluding tert-OH is 8. The molecule has 12 atom stereocenters. The van der Waals surface area contributed by atoms with Crippen molar-refractivity contribution >= 4 is 5.91 Å². The summed E-state index contributed by atoms with van der Waals surface area (Å²) in [6, 6.07) is -0.930. The first-order valence-corrected chi connectivity index (χ1v) is 36.4. The number of carbonyl (C=O) groups excluding carboxylic acids is 1. The van der Waals surface area contributed by atoms with Gasteiger partial charge in [-0.25, -0.2) is 0 Å². The van der Waals surface area contributed by atoms with E-state index in [4.69, 9.17) is 18.9 Å². The fraction of sp³-hybridized carbons (Fsp3) is 0.877. The Hall–Kier alpha value is -2.05. The Bertz CT molecular complexity index is 1640. The molecule has 0 aromatic rings. The first-order chi connectivity index (χ1) is 42.6. The summed E-state index contributed by atoms with van der Waals surface area (Å²) in [7, 11) is 0. The van der Waals surface area contributed by atoms with Crippen LogP contribution in [0.3, 0.4) is 0 Å². The highest BCUT2D eigenvalue weighted by Crippen LogP contribution is 2.30. The third kappa shape index (κ3) is 41.9. The summed E-state index contributed by atoms with van der Waals surface area (Å²) in [6.07, 6.45) is 59.2. The topological polar surface area (TPSA) is 228 Å². The molecular weight excluding hydrogens is 1100 g/mol. The highest BCUT2D eigenvalue weighted by atomic mass is 16.7. The number of hydrogen-bond acceptors (Lipinski definition) is 13. The monoisotopic (exact) mass is 1230 g/mol. The molecule has 0 aromatic carbocycles. The molecule has 2 rings (SSSR count). The Labute approximate surface area is 531 Å². The van der Waals surface area contributed by atoms with Crippen LogP contribution in [0, 0.1) is 0 Å². The molecule has 9 N–H and O–H groups in total. The van der Waals surface area contributed by atoms with E-state index in [0.29, 0.717) is 12.8 Å². The van der Waals surface area contributed by atoms with Gasteiger partial charge in [0.05, 0.1) is 32.0 Å². The van der Waals surface area contributed by atoms with E-state index in [1.165, 1.54) is 244 Å². The van der Waals surface area contributed by atoms with Gasteiger partial charge in [-0.3, -0.25) is 4.79 Å². The van der Waals surface area contributed by atoms with E-state index in [0.717, 1.165) is 38.5 Å². The summed E-state index contributed by atoms with van der Waals surface area (Å²) in [6.45, 7) is 2.79.